The minimum absolute atomic E-state index is 0.143. The molecule has 0 saturated heterocycles. The van der Waals surface area contributed by atoms with Crippen LogP contribution in [0.4, 0.5) is 11.4 Å². The zero-order valence-electron chi connectivity index (χ0n) is 16.7. The van der Waals surface area contributed by atoms with Crippen LogP contribution in [0.15, 0.2) is 18.2 Å². The fourth-order valence-electron chi connectivity index (χ4n) is 3.35. The van der Waals surface area contributed by atoms with E-state index < -0.39 is 0 Å². The Balaban J connectivity index is 1.57. The highest BCUT2D eigenvalue weighted by molar-refractivity contribution is 5.96. The first-order chi connectivity index (χ1) is 13.8. The molecule has 3 N–H and O–H groups in total. The van der Waals surface area contributed by atoms with Gasteiger partial charge in [0.2, 0.25) is 12.7 Å². The van der Waals surface area contributed by atoms with E-state index in [9.17, 15) is 4.79 Å². The van der Waals surface area contributed by atoms with Gasteiger partial charge >= 0.3 is 0 Å². The number of aromatic nitrogens is 4. The molecule has 3 heterocycles. The van der Waals surface area contributed by atoms with E-state index >= 15 is 0 Å². The van der Waals surface area contributed by atoms with E-state index in [1.807, 2.05) is 33.8 Å². The highest BCUT2D eigenvalue weighted by Crippen LogP contribution is 2.38. The quantitative estimate of drug-likeness (QED) is 0.653. The zero-order valence-corrected chi connectivity index (χ0v) is 16.7. The first-order valence-corrected chi connectivity index (χ1v) is 9.18. The number of carbonyl (C=O) groups is 1. The Kier molecular flexibility index (Phi) is 4.57. The van der Waals surface area contributed by atoms with Crippen LogP contribution in [0.25, 0.3) is 5.95 Å². The molecule has 0 bridgehead atoms. The van der Waals surface area contributed by atoms with Crippen molar-refractivity contribution < 1.29 is 14.3 Å². The van der Waals surface area contributed by atoms with Crippen LogP contribution in [0.1, 0.15) is 28.3 Å². The average Bonchev–Trinajstić information content (AvgIpc) is 3.20. The minimum atomic E-state index is -0.206. The summed E-state index contributed by atoms with van der Waals surface area (Å²) in [5.74, 6) is 1.42. The van der Waals surface area contributed by atoms with Crippen molar-refractivity contribution in [3.05, 3.63) is 46.5 Å². The molecule has 0 unspecified atom stereocenters. The molecule has 0 saturated carbocycles. The van der Waals surface area contributed by atoms with Crippen molar-refractivity contribution in [2.45, 2.75) is 34.1 Å². The van der Waals surface area contributed by atoms with Gasteiger partial charge in [0.15, 0.2) is 11.5 Å². The van der Waals surface area contributed by atoms with E-state index in [-0.39, 0.29) is 19.1 Å². The van der Waals surface area contributed by atoms with Crippen molar-refractivity contribution in [3.63, 3.8) is 0 Å². The highest BCUT2D eigenvalue weighted by atomic mass is 16.7. The molecule has 9 nitrogen and oxygen atoms in total. The summed E-state index contributed by atoms with van der Waals surface area (Å²) in [4.78, 5) is 21.6. The number of nitrogens with zero attached hydrogens (tertiary/aromatic N) is 4. The molecule has 0 atom stereocenters. The Morgan fingerprint density at radius 1 is 1.10 bits per heavy atom. The molecule has 9 heteroatoms. The number of nitrogen functional groups attached to an aromatic ring is 1. The first kappa shape index (κ1) is 18.7. The smallest absolute Gasteiger partial charge is 0.251 e. The molecule has 3 aromatic rings. The molecule has 0 aliphatic carbocycles. The zero-order chi connectivity index (χ0) is 20.7. The van der Waals surface area contributed by atoms with Gasteiger partial charge in [0.1, 0.15) is 0 Å². The maximum absolute atomic E-state index is 12.7. The number of nitrogens with one attached hydrogen (secondary N) is 1. The molecule has 29 heavy (non-hydrogen) atoms. The molecule has 0 radical (unpaired) electrons. The summed E-state index contributed by atoms with van der Waals surface area (Å²) in [5.41, 5.74) is 11.0. The summed E-state index contributed by atoms with van der Waals surface area (Å²) in [6.45, 7) is 7.73. The van der Waals surface area contributed by atoms with Gasteiger partial charge in [0, 0.05) is 34.8 Å². The summed E-state index contributed by atoms with van der Waals surface area (Å²) in [7, 11) is 0. The summed E-state index contributed by atoms with van der Waals surface area (Å²) in [6, 6.07) is 5.21. The third-order valence-corrected chi connectivity index (χ3v) is 4.76. The molecule has 1 aliphatic rings. The van der Waals surface area contributed by atoms with Gasteiger partial charge in [-0.05, 0) is 33.8 Å². The SMILES string of the molecule is Cc1cc(C)nc(-n2nc(C)c(CC(=O)Nc3cc4c(cc3N)OCO4)c2C)n1. The standard InChI is InChI=1S/C20H22N6O3/c1-10-5-11(2)23-20(22-10)26-13(4)14(12(3)25-26)6-19(27)24-16-8-18-17(7-15(16)21)28-9-29-18/h5,7-8H,6,9,21H2,1-4H3,(H,24,27). The van der Waals surface area contributed by atoms with Gasteiger partial charge in [0.25, 0.3) is 5.95 Å². The Labute approximate surface area is 167 Å². The van der Waals surface area contributed by atoms with Crippen LogP contribution in [0.2, 0.25) is 0 Å². The Morgan fingerprint density at radius 2 is 1.76 bits per heavy atom. The third kappa shape index (κ3) is 3.58. The Hall–Kier alpha value is -3.62. The van der Waals surface area contributed by atoms with E-state index in [0.29, 0.717) is 28.8 Å². The fourth-order valence-corrected chi connectivity index (χ4v) is 3.35. The lowest BCUT2D eigenvalue weighted by Crippen LogP contribution is -2.16. The predicted octanol–water partition coefficient (Wildman–Crippen LogP) is 2.39. The third-order valence-electron chi connectivity index (χ3n) is 4.76. The van der Waals surface area contributed by atoms with Gasteiger partial charge in [-0.15, -0.1) is 0 Å². The Bertz CT molecular complexity index is 1100. The largest absolute Gasteiger partial charge is 0.454 e. The van der Waals surface area contributed by atoms with Crippen LogP contribution in [-0.4, -0.2) is 32.4 Å². The van der Waals surface area contributed by atoms with Gasteiger partial charge in [-0.25, -0.2) is 14.6 Å². The number of fused-ring (bicyclic) bond motifs is 1. The molecular formula is C20H22N6O3. The topological polar surface area (TPSA) is 117 Å². The number of benzene rings is 1. The second-order valence-corrected chi connectivity index (χ2v) is 7.03. The molecule has 0 spiro atoms. The number of carbonyl (C=O) groups excluding carboxylic acids is 1. The molecule has 2 aromatic heterocycles. The van der Waals surface area contributed by atoms with Crippen LogP contribution in [0.3, 0.4) is 0 Å². The second-order valence-electron chi connectivity index (χ2n) is 7.03. The monoisotopic (exact) mass is 394 g/mol. The van der Waals surface area contributed by atoms with Gasteiger partial charge in [-0.2, -0.15) is 5.10 Å². The van der Waals surface area contributed by atoms with E-state index in [4.69, 9.17) is 15.2 Å². The van der Waals surface area contributed by atoms with E-state index in [1.54, 1.807) is 16.8 Å². The maximum Gasteiger partial charge on any atom is 0.251 e. The fraction of sp³-hybridized carbons (Fsp3) is 0.300. The molecule has 4 rings (SSSR count). The van der Waals surface area contributed by atoms with Crippen LogP contribution in [0.5, 0.6) is 11.5 Å². The van der Waals surface area contributed by atoms with E-state index in [0.717, 1.165) is 28.3 Å². The van der Waals surface area contributed by atoms with E-state index in [1.165, 1.54) is 0 Å². The van der Waals surface area contributed by atoms with Gasteiger partial charge in [-0.1, -0.05) is 0 Å². The minimum Gasteiger partial charge on any atom is -0.454 e. The van der Waals surface area contributed by atoms with Crippen molar-refractivity contribution in [1.29, 1.82) is 0 Å². The number of anilines is 2. The van der Waals surface area contributed by atoms with Crippen molar-refractivity contribution in [2.24, 2.45) is 0 Å². The highest BCUT2D eigenvalue weighted by Gasteiger charge is 2.20. The molecular weight excluding hydrogens is 372 g/mol. The summed E-state index contributed by atoms with van der Waals surface area (Å²) >= 11 is 0. The second kappa shape index (κ2) is 7.08. The number of amides is 1. The van der Waals surface area contributed by atoms with Crippen molar-refractivity contribution in [2.75, 3.05) is 17.8 Å². The van der Waals surface area contributed by atoms with Crippen LogP contribution in [0, 0.1) is 27.7 Å². The molecule has 1 aromatic carbocycles. The van der Waals surface area contributed by atoms with Gasteiger partial charge in [0.05, 0.1) is 23.5 Å². The number of hydrogen-bond acceptors (Lipinski definition) is 7. The maximum atomic E-state index is 12.7. The summed E-state index contributed by atoms with van der Waals surface area (Å²) in [6.07, 6.45) is 0.149. The van der Waals surface area contributed by atoms with E-state index in [2.05, 4.69) is 20.4 Å². The number of ether oxygens (including phenoxy) is 2. The summed E-state index contributed by atoms with van der Waals surface area (Å²) in [5, 5.41) is 7.38. The number of rotatable bonds is 4. The van der Waals surface area contributed by atoms with Crippen molar-refractivity contribution in [1.82, 2.24) is 19.7 Å². The van der Waals surface area contributed by atoms with Crippen LogP contribution >= 0.6 is 0 Å². The summed E-state index contributed by atoms with van der Waals surface area (Å²) < 4.78 is 12.3. The molecule has 1 aliphatic heterocycles. The predicted molar refractivity (Wildman–Crippen MR) is 107 cm³/mol. The van der Waals surface area contributed by atoms with Gasteiger partial charge in [-0.3, -0.25) is 4.79 Å². The molecule has 1 amide bonds. The molecule has 150 valence electrons. The van der Waals surface area contributed by atoms with Crippen LogP contribution < -0.4 is 20.5 Å². The lowest BCUT2D eigenvalue weighted by Gasteiger charge is -2.10. The normalized spacial score (nSPS) is 12.3. The van der Waals surface area contributed by atoms with Crippen molar-refractivity contribution in [3.8, 4) is 17.4 Å². The number of aryl methyl sites for hydroxylation is 3. The van der Waals surface area contributed by atoms with Crippen LogP contribution in [-0.2, 0) is 11.2 Å². The Morgan fingerprint density at radius 3 is 2.45 bits per heavy atom. The lowest BCUT2D eigenvalue weighted by molar-refractivity contribution is -0.115. The van der Waals surface area contributed by atoms with Gasteiger partial charge < -0.3 is 20.5 Å². The molecule has 0 fully saturated rings. The first-order valence-electron chi connectivity index (χ1n) is 9.18. The average molecular weight is 394 g/mol. The van der Waals surface area contributed by atoms with Crippen molar-refractivity contribution >= 4 is 17.3 Å². The number of nitrogens with two attached hydrogens (primary N) is 1. The number of hydrogen-bond donors (Lipinski definition) is 2. The lowest BCUT2D eigenvalue weighted by atomic mass is 10.1.